The van der Waals surface area contributed by atoms with Gasteiger partial charge in [-0.15, -0.1) is 0 Å². The Bertz CT molecular complexity index is 762. The fourth-order valence-electron chi connectivity index (χ4n) is 3.08. The van der Waals surface area contributed by atoms with Gasteiger partial charge in [0, 0.05) is 37.2 Å². The number of para-hydroxylation sites is 1. The van der Waals surface area contributed by atoms with Gasteiger partial charge in [0.1, 0.15) is 18.5 Å². The molecule has 1 aliphatic rings. The summed E-state index contributed by atoms with van der Waals surface area (Å²) in [6, 6.07) is 8.84. The number of ether oxygens (including phenoxy) is 1. The smallest absolute Gasteiger partial charge is 0.190 e. The number of aliphatic hydroxyl groups excluding tert-OH is 1. The van der Waals surface area contributed by atoms with E-state index in [1.54, 1.807) is 18.2 Å². The molecule has 0 aliphatic carbocycles. The first-order valence-corrected chi connectivity index (χ1v) is 9.40. The highest BCUT2D eigenvalue weighted by Gasteiger charge is 2.22. The Kier molecular flexibility index (Phi) is 6.62. The maximum Gasteiger partial charge on any atom is 0.190 e. The predicted octanol–water partition coefficient (Wildman–Crippen LogP) is 3.43. The van der Waals surface area contributed by atoms with Crippen LogP contribution >= 0.6 is 15.9 Å². The summed E-state index contributed by atoms with van der Waals surface area (Å²) in [7, 11) is 0. The first kappa shape index (κ1) is 20.0. The molecule has 2 aromatic rings. The summed E-state index contributed by atoms with van der Waals surface area (Å²) in [4.78, 5) is 3.97. The van der Waals surface area contributed by atoms with Crippen molar-refractivity contribution in [3.63, 3.8) is 0 Å². The summed E-state index contributed by atoms with van der Waals surface area (Å²) < 4.78 is 46.7. The molecule has 1 saturated heterocycles. The molecule has 4 nitrogen and oxygen atoms in total. The summed E-state index contributed by atoms with van der Waals surface area (Å²) in [5.41, 5.74) is 0.572. The molecule has 2 aromatic carbocycles. The Labute approximate surface area is 164 Å². The largest absolute Gasteiger partial charge is 0.485 e. The molecule has 1 atom stereocenters. The minimum absolute atomic E-state index is 0.219. The van der Waals surface area contributed by atoms with E-state index in [1.807, 2.05) is 9.80 Å². The van der Waals surface area contributed by atoms with Crippen LogP contribution in [0.5, 0.6) is 5.75 Å². The molecule has 1 heterocycles. The third kappa shape index (κ3) is 5.15. The fourth-order valence-corrected chi connectivity index (χ4v) is 3.48. The Morgan fingerprint density at radius 2 is 1.63 bits per heavy atom. The van der Waals surface area contributed by atoms with Crippen molar-refractivity contribution in [1.29, 1.82) is 0 Å². The summed E-state index contributed by atoms with van der Waals surface area (Å²) >= 11 is 3.00. The molecule has 8 heteroatoms. The number of rotatable bonds is 6. The molecular weight excluding hydrogens is 425 g/mol. The first-order valence-electron chi connectivity index (χ1n) is 8.61. The third-order valence-electron chi connectivity index (χ3n) is 4.42. The minimum Gasteiger partial charge on any atom is -0.485 e. The molecule has 0 aromatic heterocycles. The Morgan fingerprint density at radius 3 is 2.26 bits per heavy atom. The highest BCUT2D eigenvalue weighted by atomic mass is 79.9. The van der Waals surface area contributed by atoms with E-state index in [1.165, 1.54) is 6.07 Å². The second-order valence-corrected chi connectivity index (χ2v) is 7.32. The topological polar surface area (TPSA) is 35.9 Å². The van der Waals surface area contributed by atoms with Gasteiger partial charge in [0.2, 0.25) is 0 Å². The number of benzene rings is 2. The summed E-state index contributed by atoms with van der Waals surface area (Å²) in [5, 5.41) is 10.1. The molecule has 0 radical (unpaired) electrons. The van der Waals surface area contributed by atoms with Gasteiger partial charge >= 0.3 is 0 Å². The normalized spacial score (nSPS) is 16.4. The van der Waals surface area contributed by atoms with Crippen LogP contribution in [0.2, 0.25) is 0 Å². The van der Waals surface area contributed by atoms with Crippen LogP contribution in [0.15, 0.2) is 40.9 Å². The standard InChI is InChI=1S/C19H20BrF3N2O2/c20-13-9-16(22)19(17(23)10-13)27-12-14(26)11-24-5-7-25(8-6-24)18-4-2-1-3-15(18)21/h1-4,9-10,14,26H,5-8,11-12H2/t14-/m0/s1. The van der Waals surface area contributed by atoms with E-state index in [-0.39, 0.29) is 16.9 Å². The van der Waals surface area contributed by atoms with Crippen molar-refractivity contribution in [2.75, 3.05) is 44.2 Å². The number of aliphatic hydroxyl groups is 1. The SMILES string of the molecule is O[C@H](COc1c(F)cc(Br)cc1F)CN1CCN(c2ccccc2F)CC1. The van der Waals surface area contributed by atoms with E-state index < -0.39 is 23.5 Å². The van der Waals surface area contributed by atoms with E-state index >= 15 is 0 Å². The molecule has 146 valence electrons. The highest BCUT2D eigenvalue weighted by molar-refractivity contribution is 9.10. The Morgan fingerprint density at radius 1 is 1.00 bits per heavy atom. The number of hydrogen-bond donors (Lipinski definition) is 1. The van der Waals surface area contributed by atoms with Crippen LogP contribution in [0.1, 0.15) is 0 Å². The van der Waals surface area contributed by atoms with Crippen molar-refractivity contribution in [2.24, 2.45) is 0 Å². The maximum absolute atomic E-state index is 13.9. The molecular formula is C19H20BrF3N2O2. The number of β-amino-alcohol motifs (C(OH)–C–C–N with tert-alkyl or cyclic N) is 1. The van der Waals surface area contributed by atoms with Crippen LogP contribution in [-0.4, -0.2) is 55.4 Å². The minimum atomic E-state index is -0.896. The molecule has 27 heavy (non-hydrogen) atoms. The van der Waals surface area contributed by atoms with Crippen LogP contribution in [0.4, 0.5) is 18.9 Å². The second-order valence-electron chi connectivity index (χ2n) is 6.40. The summed E-state index contributed by atoms with van der Waals surface area (Å²) in [5.74, 6) is -2.40. The van der Waals surface area contributed by atoms with E-state index in [9.17, 15) is 18.3 Å². The number of anilines is 1. The number of nitrogens with zero attached hydrogens (tertiary/aromatic N) is 2. The average Bonchev–Trinajstić information content (AvgIpc) is 2.62. The number of piperazine rings is 1. The lowest BCUT2D eigenvalue weighted by Crippen LogP contribution is -2.49. The van der Waals surface area contributed by atoms with E-state index in [0.29, 0.717) is 38.4 Å². The fraction of sp³-hybridized carbons (Fsp3) is 0.368. The van der Waals surface area contributed by atoms with Crippen molar-refractivity contribution >= 4 is 21.6 Å². The molecule has 0 saturated carbocycles. The number of hydrogen-bond acceptors (Lipinski definition) is 4. The van der Waals surface area contributed by atoms with Gasteiger partial charge in [-0.25, -0.2) is 13.2 Å². The van der Waals surface area contributed by atoms with Crippen molar-refractivity contribution in [3.8, 4) is 5.75 Å². The predicted molar refractivity (Wildman–Crippen MR) is 101 cm³/mol. The zero-order valence-corrected chi connectivity index (χ0v) is 16.1. The highest BCUT2D eigenvalue weighted by Crippen LogP contribution is 2.26. The number of halogens is 4. The molecule has 0 spiro atoms. The molecule has 0 bridgehead atoms. The van der Waals surface area contributed by atoms with Gasteiger partial charge in [-0.3, -0.25) is 4.90 Å². The zero-order valence-electron chi connectivity index (χ0n) is 14.5. The van der Waals surface area contributed by atoms with Gasteiger partial charge in [-0.2, -0.15) is 0 Å². The Hall–Kier alpha value is -1.77. The maximum atomic E-state index is 13.9. The van der Waals surface area contributed by atoms with Gasteiger partial charge in [-0.1, -0.05) is 28.1 Å². The van der Waals surface area contributed by atoms with Gasteiger partial charge < -0.3 is 14.7 Å². The lowest BCUT2D eigenvalue weighted by Gasteiger charge is -2.36. The van der Waals surface area contributed by atoms with Crippen LogP contribution in [0, 0.1) is 17.5 Å². The molecule has 1 N–H and O–H groups in total. The molecule has 0 unspecified atom stereocenters. The molecule has 0 amide bonds. The lowest BCUT2D eigenvalue weighted by atomic mass is 10.2. The monoisotopic (exact) mass is 444 g/mol. The molecule has 1 fully saturated rings. The quantitative estimate of drug-likeness (QED) is 0.740. The summed E-state index contributed by atoms with van der Waals surface area (Å²) in [6.07, 6.45) is -0.896. The second kappa shape index (κ2) is 8.95. The van der Waals surface area contributed by atoms with Gasteiger partial charge in [0.25, 0.3) is 0 Å². The first-order chi connectivity index (χ1) is 12.9. The van der Waals surface area contributed by atoms with Crippen LogP contribution < -0.4 is 9.64 Å². The van der Waals surface area contributed by atoms with E-state index in [0.717, 1.165) is 12.1 Å². The van der Waals surface area contributed by atoms with Crippen LogP contribution in [0.3, 0.4) is 0 Å². The van der Waals surface area contributed by atoms with E-state index in [2.05, 4.69) is 15.9 Å². The Balaban J connectivity index is 1.47. The molecule has 3 rings (SSSR count). The van der Waals surface area contributed by atoms with Gasteiger partial charge in [0.15, 0.2) is 17.4 Å². The van der Waals surface area contributed by atoms with Gasteiger partial charge in [-0.05, 0) is 24.3 Å². The molecule has 1 aliphatic heterocycles. The van der Waals surface area contributed by atoms with Crippen molar-refractivity contribution in [1.82, 2.24) is 4.90 Å². The average molecular weight is 445 g/mol. The third-order valence-corrected chi connectivity index (χ3v) is 4.88. The lowest BCUT2D eigenvalue weighted by molar-refractivity contribution is 0.0634. The van der Waals surface area contributed by atoms with Crippen LogP contribution in [0.25, 0.3) is 0 Å². The van der Waals surface area contributed by atoms with E-state index in [4.69, 9.17) is 4.74 Å². The van der Waals surface area contributed by atoms with Crippen molar-refractivity contribution in [2.45, 2.75) is 6.10 Å². The van der Waals surface area contributed by atoms with Crippen molar-refractivity contribution in [3.05, 3.63) is 58.3 Å². The van der Waals surface area contributed by atoms with Gasteiger partial charge in [0.05, 0.1) is 5.69 Å². The summed E-state index contributed by atoms with van der Waals surface area (Å²) in [6.45, 7) is 2.64. The van der Waals surface area contributed by atoms with Crippen LogP contribution in [-0.2, 0) is 0 Å². The zero-order chi connectivity index (χ0) is 19.4. The van der Waals surface area contributed by atoms with Crippen molar-refractivity contribution < 1.29 is 23.0 Å².